The van der Waals surface area contributed by atoms with Crippen molar-refractivity contribution in [1.29, 1.82) is 0 Å². The van der Waals surface area contributed by atoms with Crippen molar-refractivity contribution in [3.05, 3.63) is 0 Å². The van der Waals surface area contributed by atoms with Gasteiger partial charge in [-0.1, -0.05) is 13.8 Å². The molecule has 1 rings (SSSR count). The Balaban J connectivity index is 2.32. The minimum atomic E-state index is -0.809. The average Bonchev–Trinajstić information content (AvgIpc) is 2.23. The molecular formula is C11H22N2O2S. The van der Waals surface area contributed by atoms with Crippen LogP contribution in [0.5, 0.6) is 0 Å². The van der Waals surface area contributed by atoms with Gasteiger partial charge in [0.05, 0.1) is 5.41 Å². The van der Waals surface area contributed by atoms with Crippen LogP contribution in [-0.2, 0) is 15.6 Å². The van der Waals surface area contributed by atoms with E-state index in [9.17, 15) is 9.00 Å². The highest BCUT2D eigenvalue weighted by Crippen LogP contribution is 2.44. The van der Waals surface area contributed by atoms with Crippen LogP contribution in [0.4, 0.5) is 0 Å². The molecule has 1 aliphatic carbocycles. The third kappa shape index (κ3) is 3.04. The molecule has 1 aliphatic rings. The van der Waals surface area contributed by atoms with Gasteiger partial charge in [0, 0.05) is 35.4 Å². The van der Waals surface area contributed by atoms with E-state index in [4.69, 9.17) is 5.73 Å². The van der Waals surface area contributed by atoms with Crippen molar-refractivity contribution in [1.82, 2.24) is 5.32 Å². The van der Waals surface area contributed by atoms with Crippen LogP contribution in [-0.4, -0.2) is 34.7 Å². The molecule has 0 aromatic carbocycles. The lowest BCUT2D eigenvalue weighted by atomic mass is 9.62. The van der Waals surface area contributed by atoms with E-state index in [2.05, 4.69) is 12.2 Å². The molecule has 16 heavy (non-hydrogen) atoms. The fraction of sp³-hybridized carbons (Fsp3) is 0.909. The maximum atomic E-state index is 11.9. The van der Waals surface area contributed by atoms with Crippen LogP contribution < -0.4 is 11.1 Å². The number of hydrogen-bond acceptors (Lipinski definition) is 3. The van der Waals surface area contributed by atoms with E-state index >= 15 is 0 Å². The maximum Gasteiger partial charge on any atom is 0.227 e. The van der Waals surface area contributed by atoms with Crippen LogP contribution in [0.3, 0.4) is 0 Å². The van der Waals surface area contributed by atoms with Crippen LogP contribution in [0.1, 0.15) is 26.7 Å². The molecule has 1 saturated carbocycles. The molecule has 3 N–H and O–H groups in total. The molecule has 0 heterocycles. The van der Waals surface area contributed by atoms with Gasteiger partial charge in [0.15, 0.2) is 0 Å². The van der Waals surface area contributed by atoms with Gasteiger partial charge in [0.2, 0.25) is 5.91 Å². The molecule has 0 bridgehead atoms. The van der Waals surface area contributed by atoms with Crippen LogP contribution in [0, 0.1) is 11.3 Å². The monoisotopic (exact) mass is 246 g/mol. The molecule has 94 valence electrons. The number of rotatable bonds is 6. The zero-order chi connectivity index (χ0) is 12.2. The zero-order valence-electron chi connectivity index (χ0n) is 10.1. The van der Waals surface area contributed by atoms with Gasteiger partial charge in [0.1, 0.15) is 0 Å². The van der Waals surface area contributed by atoms with Crippen molar-refractivity contribution in [2.24, 2.45) is 17.1 Å². The number of nitrogens with one attached hydrogen (secondary N) is 1. The second-order valence-corrected chi connectivity index (χ2v) is 6.55. The minimum absolute atomic E-state index is 0.0428. The molecule has 0 aromatic rings. The molecule has 5 heteroatoms. The number of amides is 1. The largest absolute Gasteiger partial charge is 0.355 e. The lowest BCUT2D eigenvalue weighted by Crippen LogP contribution is -2.53. The van der Waals surface area contributed by atoms with Crippen LogP contribution in [0.15, 0.2) is 0 Å². The molecule has 0 saturated heterocycles. The Morgan fingerprint density at radius 1 is 1.56 bits per heavy atom. The van der Waals surface area contributed by atoms with Gasteiger partial charge in [-0.05, 0) is 18.8 Å². The van der Waals surface area contributed by atoms with Crippen molar-refractivity contribution in [2.45, 2.75) is 26.7 Å². The highest BCUT2D eigenvalue weighted by Gasteiger charge is 2.46. The highest BCUT2D eigenvalue weighted by atomic mass is 32.2. The van der Waals surface area contributed by atoms with E-state index in [-0.39, 0.29) is 11.3 Å². The summed E-state index contributed by atoms with van der Waals surface area (Å²) >= 11 is 0. The minimum Gasteiger partial charge on any atom is -0.355 e. The molecule has 1 fully saturated rings. The van der Waals surface area contributed by atoms with Crippen molar-refractivity contribution in [3.8, 4) is 0 Å². The second-order valence-electron chi connectivity index (χ2n) is 4.69. The van der Waals surface area contributed by atoms with E-state index in [1.807, 2.05) is 6.92 Å². The van der Waals surface area contributed by atoms with Crippen molar-refractivity contribution in [2.75, 3.05) is 24.6 Å². The smallest absolute Gasteiger partial charge is 0.227 e. The number of hydrogen-bond donors (Lipinski definition) is 2. The third-order valence-electron chi connectivity index (χ3n) is 3.29. The van der Waals surface area contributed by atoms with Gasteiger partial charge in [-0.3, -0.25) is 9.00 Å². The molecule has 1 atom stereocenters. The molecule has 0 radical (unpaired) electrons. The van der Waals surface area contributed by atoms with E-state index in [0.717, 1.165) is 12.8 Å². The first-order chi connectivity index (χ1) is 7.54. The maximum absolute atomic E-state index is 11.9. The van der Waals surface area contributed by atoms with Crippen molar-refractivity contribution >= 4 is 16.7 Å². The molecule has 0 spiro atoms. The summed E-state index contributed by atoms with van der Waals surface area (Å²) in [4.78, 5) is 11.9. The second kappa shape index (κ2) is 5.77. The Kier molecular flexibility index (Phi) is 4.92. The SMILES string of the molecule is CCS(=O)CCNC(=O)C1(CN)CC(C)C1. The number of carbonyl (C=O) groups excluding carboxylic acids is 1. The lowest BCUT2D eigenvalue weighted by Gasteiger charge is -2.44. The predicted octanol–water partition coefficient (Wildman–Crippen LogP) is 0.246. The van der Waals surface area contributed by atoms with Gasteiger partial charge in [-0.15, -0.1) is 0 Å². The van der Waals surface area contributed by atoms with Gasteiger partial charge < -0.3 is 11.1 Å². The van der Waals surface area contributed by atoms with Crippen LogP contribution in [0.2, 0.25) is 0 Å². The topological polar surface area (TPSA) is 72.2 Å². The first-order valence-electron chi connectivity index (χ1n) is 5.87. The molecule has 4 nitrogen and oxygen atoms in total. The summed E-state index contributed by atoms with van der Waals surface area (Å²) < 4.78 is 11.2. The average molecular weight is 246 g/mol. The van der Waals surface area contributed by atoms with Crippen molar-refractivity contribution in [3.63, 3.8) is 0 Å². The lowest BCUT2D eigenvalue weighted by molar-refractivity contribution is -0.137. The molecule has 1 unspecified atom stereocenters. The third-order valence-corrected chi connectivity index (χ3v) is 4.59. The summed E-state index contributed by atoms with van der Waals surface area (Å²) in [5.41, 5.74) is 5.33. The molecule has 1 amide bonds. The summed E-state index contributed by atoms with van der Waals surface area (Å²) in [5, 5.41) is 2.85. The zero-order valence-corrected chi connectivity index (χ0v) is 10.9. The first-order valence-corrected chi connectivity index (χ1v) is 7.36. The quantitative estimate of drug-likeness (QED) is 0.705. The summed E-state index contributed by atoms with van der Waals surface area (Å²) in [6.45, 7) is 4.93. The molecule has 0 aliphatic heterocycles. The van der Waals surface area contributed by atoms with E-state index in [0.29, 0.717) is 30.5 Å². The predicted molar refractivity (Wildman–Crippen MR) is 66.4 cm³/mol. The Labute approximate surface area is 99.8 Å². The van der Waals surface area contributed by atoms with Crippen LogP contribution >= 0.6 is 0 Å². The first kappa shape index (κ1) is 13.6. The van der Waals surface area contributed by atoms with Gasteiger partial charge in [-0.25, -0.2) is 0 Å². The van der Waals surface area contributed by atoms with Gasteiger partial charge in [0.25, 0.3) is 0 Å². The highest BCUT2D eigenvalue weighted by molar-refractivity contribution is 7.84. The van der Waals surface area contributed by atoms with E-state index in [1.54, 1.807) is 0 Å². The fourth-order valence-electron chi connectivity index (χ4n) is 2.33. The summed E-state index contributed by atoms with van der Waals surface area (Å²) in [5.74, 6) is 1.83. The fourth-order valence-corrected chi connectivity index (χ4v) is 2.95. The summed E-state index contributed by atoms with van der Waals surface area (Å²) in [7, 11) is -0.809. The van der Waals surface area contributed by atoms with Gasteiger partial charge >= 0.3 is 0 Å². The number of carbonyl (C=O) groups is 1. The Morgan fingerprint density at radius 2 is 2.19 bits per heavy atom. The molecule has 0 aromatic heterocycles. The summed E-state index contributed by atoms with van der Waals surface area (Å²) in [6.07, 6.45) is 1.76. The van der Waals surface area contributed by atoms with Crippen LogP contribution in [0.25, 0.3) is 0 Å². The summed E-state index contributed by atoms with van der Waals surface area (Å²) in [6, 6.07) is 0. The van der Waals surface area contributed by atoms with E-state index < -0.39 is 10.8 Å². The normalized spacial score (nSPS) is 30.6. The van der Waals surface area contributed by atoms with E-state index in [1.165, 1.54) is 0 Å². The Bertz CT molecular complexity index is 275. The number of nitrogens with two attached hydrogens (primary N) is 1. The standard InChI is InChI=1S/C11H22N2O2S/c1-3-16(15)5-4-13-10(14)11(8-12)6-9(2)7-11/h9H,3-8,12H2,1-2H3,(H,13,14). The van der Waals surface area contributed by atoms with Gasteiger partial charge in [-0.2, -0.15) is 0 Å². The Hall–Kier alpha value is -0.420. The Morgan fingerprint density at radius 3 is 2.62 bits per heavy atom. The molecular weight excluding hydrogens is 224 g/mol. The van der Waals surface area contributed by atoms with Crippen molar-refractivity contribution < 1.29 is 9.00 Å².